The molecule has 110 valence electrons. The van der Waals surface area contributed by atoms with Crippen LogP contribution in [0.15, 0.2) is 0 Å². The van der Waals surface area contributed by atoms with Gasteiger partial charge in [-0.25, -0.2) is 0 Å². The molecule has 0 aliphatic carbocycles. The van der Waals surface area contributed by atoms with Crippen LogP contribution in [-0.2, 0) is 14.3 Å². The molecule has 0 saturated carbocycles. The smallest absolute Gasteiger partial charge is 0.225 e. The molecule has 3 heterocycles. The van der Waals surface area contributed by atoms with E-state index in [1.807, 2.05) is 0 Å². The van der Waals surface area contributed by atoms with E-state index in [4.69, 9.17) is 9.47 Å². The number of rotatable bonds is 4. The lowest BCUT2D eigenvalue weighted by atomic mass is 10.1. The molecule has 2 fully saturated rings. The van der Waals surface area contributed by atoms with Gasteiger partial charge in [0.1, 0.15) is 5.01 Å². The van der Waals surface area contributed by atoms with E-state index in [2.05, 4.69) is 10.2 Å². The lowest BCUT2D eigenvalue weighted by Gasteiger charge is -2.20. The third kappa shape index (κ3) is 2.99. The molecular weight excluding hydrogens is 278 g/mol. The Bertz CT molecular complexity index is 467. The summed E-state index contributed by atoms with van der Waals surface area (Å²) in [7, 11) is 0. The first-order valence-corrected chi connectivity index (χ1v) is 7.86. The predicted octanol–water partition coefficient (Wildman–Crippen LogP) is 1.57. The summed E-state index contributed by atoms with van der Waals surface area (Å²) < 4.78 is 11.0. The second kappa shape index (κ2) is 6.15. The highest BCUT2D eigenvalue weighted by Crippen LogP contribution is 2.31. The van der Waals surface area contributed by atoms with Crippen molar-refractivity contribution in [2.75, 3.05) is 31.3 Å². The number of aromatic nitrogens is 2. The summed E-state index contributed by atoms with van der Waals surface area (Å²) >= 11 is 1.50. The SMILES string of the molecule is CC(=O)N(CC1CCCO1)c1nnc(C2CCOC2)s1. The maximum atomic E-state index is 11.8. The molecule has 0 spiro atoms. The highest BCUT2D eigenvalue weighted by atomic mass is 32.1. The second-order valence-corrected chi connectivity index (χ2v) is 6.24. The topological polar surface area (TPSA) is 64.6 Å². The van der Waals surface area contributed by atoms with Crippen molar-refractivity contribution >= 4 is 22.4 Å². The van der Waals surface area contributed by atoms with E-state index < -0.39 is 0 Å². The first-order valence-electron chi connectivity index (χ1n) is 7.05. The van der Waals surface area contributed by atoms with Crippen LogP contribution >= 0.6 is 11.3 Å². The average Bonchev–Trinajstić information content (AvgIpc) is 3.16. The van der Waals surface area contributed by atoms with E-state index in [9.17, 15) is 4.79 Å². The number of nitrogens with zero attached hydrogens (tertiary/aromatic N) is 3. The van der Waals surface area contributed by atoms with Crippen molar-refractivity contribution in [2.45, 2.75) is 38.2 Å². The Labute approximate surface area is 122 Å². The lowest BCUT2D eigenvalue weighted by molar-refractivity contribution is -0.116. The Kier molecular flexibility index (Phi) is 4.28. The van der Waals surface area contributed by atoms with Gasteiger partial charge in [0.15, 0.2) is 0 Å². The molecule has 2 aliphatic heterocycles. The van der Waals surface area contributed by atoms with Crippen LogP contribution in [0.25, 0.3) is 0 Å². The molecule has 3 rings (SSSR count). The second-order valence-electron chi connectivity index (χ2n) is 5.25. The Morgan fingerprint density at radius 3 is 2.95 bits per heavy atom. The zero-order valence-corrected chi connectivity index (χ0v) is 12.4. The van der Waals surface area contributed by atoms with Gasteiger partial charge in [0.2, 0.25) is 11.0 Å². The van der Waals surface area contributed by atoms with Crippen LogP contribution in [0, 0.1) is 0 Å². The highest BCUT2D eigenvalue weighted by Gasteiger charge is 2.27. The van der Waals surface area contributed by atoms with Crippen LogP contribution in [0.2, 0.25) is 0 Å². The van der Waals surface area contributed by atoms with Crippen molar-refractivity contribution < 1.29 is 14.3 Å². The minimum Gasteiger partial charge on any atom is -0.381 e. The summed E-state index contributed by atoms with van der Waals surface area (Å²) in [5, 5.41) is 10.1. The average molecular weight is 297 g/mol. The summed E-state index contributed by atoms with van der Waals surface area (Å²) in [6.45, 7) is 4.42. The molecule has 0 aromatic carbocycles. The molecule has 2 saturated heterocycles. The van der Waals surface area contributed by atoms with Crippen LogP contribution in [0.5, 0.6) is 0 Å². The molecule has 6 nitrogen and oxygen atoms in total. The fourth-order valence-corrected chi connectivity index (χ4v) is 3.58. The highest BCUT2D eigenvalue weighted by molar-refractivity contribution is 7.15. The van der Waals surface area contributed by atoms with Crippen molar-refractivity contribution in [1.82, 2.24) is 10.2 Å². The first-order chi connectivity index (χ1) is 9.74. The van der Waals surface area contributed by atoms with Crippen LogP contribution < -0.4 is 4.90 Å². The molecule has 0 radical (unpaired) electrons. The monoisotopic (exact) mass is 297 g/mol. The molecule has 0 bridgehead atoms. The number of ether oxygens (including phenoxy) is 2. The Morgan fingerprint density at radius 2 is 2.30 bits per heavy atom. The molecular formula is C13H19N3O3S. The van der Waals surface area contributed by atoms with Gasteiger partial charge in [0.25, 0.3) is 0 Å². The van der Waals surface area contributed by atoms with Gasteiger partial charge >= 0.3 is 0 Å². The largest absolute Gasteiger partial charge is 0.381 e. The Hall–Kier alpha value is -1.05. The van der Waals surface area contributed by atoms with E-state index in [1.54, 1.807) is 11.8 Å². The number of anilines is 1. The molecule has 0 N–H and O–H groups in total. The number of carbonyl (C=O) groups is 1. The van der Waals surface area contributed by atoms with Gasteiger partial charge in [-0.15, -0.1) is 10.2 Å². The van der Waals surface area contributed by atoms with Crippen LogP contribution in [0.4, 0.5) is 5.13 Å². The van der Waals surface area contributed by atoms with Gasteiger partial charge in [0.05, 0.1) is 19.3 Å². The van der Waals surface area contributed by atoms with Crippen LogP contribution in [0.3, 0.4) is 0 Å². The van der Waals surface area contributed by atoms with Crippen LogP contribution in [0.1, 0.15) is 37.1 Å². The molecule has 20 heavy (non-hydrogen) atoms. The summed E-state index contributed by atoms with van der Waals surface area (Å²) in [6.07, 6.45) is 3.19. The van der Waals surface area contributed by atoms with Gasteiger partial charge in [-0.2, -0.15) is 0 Å². The van der Waals surface area contributed by atoms with Gasteiger partial charge < -0.3 is 9.47 Å². The maximum Gasteiger partial charge on any atom is 0.225 e. The summed E-state index contributed by atoms with van der Waals surface area (Å²) in [5.41, 5.74) is 0. The van der Waals surface area contributed by atoms with Gasteiger partial charge in [0, 0.05) is 26.1 Å². The summed E-state index contributed by atoms with van der Waals surface area (Å²) in [4.78, 5) is 13.5. The number of amides is 1. The molecule has 2 unspecified atom stereocenters. The van der Waals surface area contributed by atoms with E-state index in [-0.39, 0.29) is 12.0 Å². The lowest BCUT2D eigenvalue weighted by Crippen LogP contribution is -2.35. The molecule has 2 atom stereocenters. The standard InChI is InChI=1S/C13H19N3O3S/c1-9(17)16(7-11-3-2-5-19-11)13-15-14-12(20-13)10-4-6-18-8-10/h10-11H,2-8H2,1H3. The molecule has 1 amide bonds. The predicted molar refractivity (Wildman–Crippen MR) is 75.1 cm³/mol. The number of hydrogen-bond donors (Lipinski definition) is 0. The first kappa shape index (κ1) is 13.9. The van der Waals surface area contributed by atoms with Crippen molar-refractivity contribution in [3.05, 3.63) is 5.01 Å². The normalized spacial score (nSPS) is 26.1. The molecule has 2 aliphatic rings. The van der Waals surface area contributed by atoms with E-state index in [0.717, 1.165) is 37.5 Å². The van der Waals surface area contributed by atoms with Crippen molar-refractivity contribution in [3.8, 4) is 0 Å². The quantitative estimate of drug-likeness (QED) is 0.844. The van der Waals surface area contributed by atoms with Crippen molar-refractivity contribution in [2.24, 2.45) is 0 Å². The van der Waals surface area contributed by atoms with E-state index in [1.165, 1.54) is 11.3 Å². The Balaban J connectivity index is 1.71. The fourth-order valence-electron chi connectivity index (χ4n) is 2.56. The van der Waals surface area contributed by atoms with Gasteiger partial charge in [-0.3, -0.25) is 9.69 Å². The summed E-state index contributed by atoms with van der Waals surface area (Å²) in [6, 6.07) is 0. The molecule has 7 heteroatoms. The maximum absolute atomic E-state index is 11.8. The molecule has 1 aromatic rings. The third-order valence-corrected chi connectivity index (χ3v) is 4.84. The van der Waals surface area contributed by atoms with Gasteiger partial charge in [-0.1, -0.05) is 11.3 Å². The van der Waals surface area contributed by atoms with Gasteiger partial charge in [-0.05, 0) is 19.3 Å². The van der Waals surface area contributed by atoms with Crippen LogP contribution in [-0.4, -0.2) is 48.6 Å². The Morgan fingerprint density at radius 1 is 1.40 bits per heavy atom. The number of hydrogen-bond acceptors (Lipinski definition) is 6. The minimum absolute atomic E-state index is 0.00845. The number of carbonyl (C=O) groups excluding carboxylic acids is 1. The third-order valence-electron chi connectivity index (χ3n) is 3.73. The van der Waals surface area contributed by atoms with Crippen molar-refractivity contribution in [3.63, 3.8) is 0 Å². The van der Waals surface area contributed by atoms with E-state index in [0.29, 0.717) is 24.2 Å². The zero-order chi connectivity index (χ0) is 13.9. The van der Waals surface area contributed by atoms with Crippen molar-refractivity contribution in [1.29, 1.82) is 0 Å². The fraction of sp³-hybridized carbons (Fsp3) is 0.769. The van der Waals surface area contributed by atoms with E-state index >= 15 is 0 Å². The summed E-state index contributed by atoms with van der Waals surface area (Å²) in [5.74, 6) is 0.323. The minimum atomic E-state index is -0.00845. The zero-order valence-electron chi connectivity index (χ0n) is 11.6. The molecule has 1 aromatic heterocycles.